The fourth-order valence-electron chi connectivity index (χ4n) is 1.66. The largest absolute Gasteiger partial charge is 0.495 e. The molecule has 0 spiro atoms. The van der Waals surface area contributed by atoms with Gasteiger partial charge in [-0.05, 0) is 52.3 Å². The van der Waals surface area contributed by atoms with Crippen molar-refractivity contribution in [2.45, 2.75) is 4.90 Å². The predicted molar refractivity (Wildman–Crippen MR) is 90.1 cm³/mol. The molecule has 5 nitrogen and oxygen atoms in total. The molecule has 0 aliphatic rings. The first kappa shape index (κ1) is 16.1. The fraction of sp³-hybridized carbons (Fsp3) is 0.0769. The molecule has 2 aromatic rings. The average molecular weight is 436 g/mol. The van der Waals surface area contributed by atoms with Gasteiger partial charge >= 0.3 is 0 Å². The second-order valence-corrected chi connectivity index (χ2v) is 7.59. The molecule has 0 amide bonds. The first-order chi connectivity index (χ1) is 9.83. The molecule has 112 valence electrons. The van der Waals surface area contributed by atoms with Crippen LogP contribution in [0.2, 0.25) is 0 Å². The Balaban J connectivity index is 2.36. The summed E-state index contributed by atoms with van der Waals surface area (Å²) in [6.07, 6.45) is 0. The zero-order chi connectivity index (χ0) is 15.6. The maximum absolute atomic E-state index is 12.4. The van der Waals surface area contributed by atoms with Gasteiger partial charge in [-0.1, -0.05) is 15.9 Å². The highest BCUT2D eigenvalue weighted by Gasteiger charge is 2.17. The van der Waals surface area contributed by atoms with Gasteiger partial charge in [-0.3, -0.25) is 4.72 Å². The van der Waals surface area contributed by atoms with Crippen molar-refractivity contribution >= 4 is 53.3 Å². The van der Waals surface area contributed by atoms with Gasteiger partial charge in [0.2, 0.25) is 0 Å². The predicted octanol–water partition coefficient (Wildman–Crippen LogP) is 3.60. The third-order valence-corrected chi connectivity index (χ3v) is 5.20. The van der Waals surface area contributed by atoms with Crippen LogP contribution < -0.4 is 15.2 Å². The van der Waals surface area contributed by atoms with Crippen LogP contribution in [0.3, 0.4) is 0 Å². The molecule has 0 atom stereocenters. The number of nitrogens with two attached hydrogens (primary N) is 1. The van der Waals surface area contributed by atoms with E-state index >= 15 is 0 Å². The number of nitrogens with one attached hydrogen (secondary N) is 1. The van der Waals surface area contributed by atoms with Crippen LogP contribution in [0, 0.1) is 0 Å². The lowest BCUT2D eigenvalue weighted by molar-refractivity contribution is 0.416. The Kier molecular flexibility index (Phi) is 4.80. The number of anilines is 2. The van der Waals surface area contributed by atoms with Crippen LogP contribution in [0.15, 0.2) is 50.2 Å². The summed E-state index contributed by atoms with van der Waals surface area (Å²) < 4.78 is 33.7. The van der Waals surface area contributed by atoms with Crippen LogP contribution in [0.1, 0.15) is 0 Å². The molecule has 2 aromatic carbocycles. The summed E-state index contributed by atoms with van der Waals surface area (Å²) in [6, 6.07) is 9.45. The molecule has 0 aromatic heterocycles. The summed E-state index contributed by atoms with van der Waals surface area (Å²) in [5.74, 6) is 0.429. The molecule has 0 saturated carbocycles. The third-order valence-electron chi connectivity index (χ3n) is 2.69. The van der Waals surface area contributed by atoms with Gasteiger partial charge in [0.25, 0.3) is 10.0 Å². The molecule has 0 unspecified atom stereocenters. The molecule has 3 N–H and O–H groups in total. The van der Waals surface area contributed by atoms with E-state index in [0.717, 1.165) is 4.47 Å². The van der Waals surface area contributed by atoms with E-state index < -0.39 is 10.0 Å². The Bertz CT molecular complexity index is 779. The number of methoxy groups -OCH3 is 1. The molecule has 0 fully saturated rings. The average Bonchev–Trinajstić information content (AvgIpc) is 2.42. The molecule has 0 bridgehead atoms. The van der Waals surface area contributed by atoms with Crippen molar-refractivity contribution < 1.29 is 13.2 Å². The summed E-state index contributed by atoms with van der Waals surface area (Å²) in [4.78, 5) is 0.0654. The number of nitrogen functional groups attached to an aromatic ring is 1. The lowest BCUT2D eigenvalue weighted by atomic mass is 10.3. The van der Waals surface area contributed by atoms with Gasteiger partial charge in [0.1, 0.15) is 5.75 Å². The second-order valence-electron chi connectivity index (χ2n) is 4.13. The fourth-order valence-corrected chi connectivity index (χ4v) is 4.05. The summed E-state index contributed by atoms with van der Waals surface area (Å²) >= 11 is 6.62. The van der Waals surface area contributed by atoms with Gasteiger partial charge < -0.3 is 10.5 Å². The molecule has 0 aliphatic heterocycles. The Labute approximate surface area is 139 Å². The van der Waals surface area contributed by atoms with Crippen molar-refractivity contribution in [2.75, 3.05) is 17.6 Å². The Morgan fingerprint density at radius 2 is 1.86 bits per heavy atom. The van der Waals surface area contributed by atoms with Crippen LogP contribution in [-0.4, -0.2) is 15.5 Å². The van der Waals surface area contributed by atoms with Crippen molar-refractivity contribution in [3.8, 4) is 5.75 Å². The minimum atomic E-state index is -3.73. The van der Waals surface area contributed by atoms with Crippen LogP contribution in [-0.2, 0) is 10.0 Å². The number of rotatable bonds is 4. The zero-order valence-electron chi connectivity index (χ0n) is 10.9. The smallest absolute Gasteiger partial charge is 0.262 e. The molecule has 21 heavy (non-hydrogen) atoms. The van der Waals surface area contributed by atoms with E-state index in [0.29, 0.717) is 15.9 Å². The van der Waals surface area contributed by atoms with E-state index in [1.807, 2.05) is 0 Å². The molecular weight excluding hydrogens is 424 g/mol. The number of hydrogen-bond donors (Lipinski definition) is 2. The lowest BCUT2D eigenvalue weighted by Gasteiger charge is -2.11. The van der Waals surface area contributed by atoms with E-state index in [1.54, 1.807) is 18.2 Å². The maximum Gasteiger partial charge on any atom is 0.262 e. The molecule has 2 rings (SSSR count). The van der Waals surface area contributed by atoms with Crippen molar-refractivity contribution in [3.05, 3.63) is 45.3 Å². The monoisotopic (exact) mass is 434 g/mol. The third kappa shape index (κ3) is 3.69. The van der Waals surface area contributed by atoms with Gasteiger partial charge in [0, 0.05) is 8.95 Å². The van der Waals surface area contributed by atoms with Crippen LogP contribution in [0.5, 0.6) is 5.75 Å². The minimum Gasteiger partial charge on any atom is -0.495 e. The standard InChI is InChI=1S/C13H12Br2N2O3S/c1-20-13-5-3-9(7-11(13)16)21(18,19)17-12-4-2-8(14)6-10(12)15/h2-7,17H,16H2,1H3. The number of sulfonamides is 1. The van der Waals surface area contributed by atoms with Crippen LogP contribution in [0.25, 0.3) is 0 Å². The number of benzene rings is 2. The van der Waals surface area contributed by atoms with Gasteiger partial charge in [-0.25, -0.2) is 8.42 Å². The second kappa shape index (κ2) is 6.25. The maximum atomic E-state index is 12.4. The van der Waals surface area contributed by atoms with E-state index in [4.69, 9.17) is 10.5 Å². The number of halogens is 2. The van der Waals surface area contributed by atoms with Crippen molar-refractivity contribution in [1.82, 2.24) is 0 Å². The van der Waals surface area contributed by atoms with Crippen LogP contribution >= 0.6 is 31.9 Å². The summed E-state index contributed by atoms with van der Waals surface area (Å²) in [5.41, 5.74) is 6.44. The van der Waals surface area contributed by atoms with Gasteiger partial charge in [0.05, 0.1) is 23.4 Å². The summed E-state index contributed by atoms with van der Waals surface area (Å²) in [6.45, 7) is 0. The SMILES string of the molecule is COc1ccc(S(=O)(=O)Nc2ccc(Br)cc2Br)cc1N. The topological polar surface area (TPSA) is 81.4 Å². The normalized spacial score (nSPS) is 11.2. The van der Waals surface area contributed by atoms with Gasteiger partial charge in [0.15, 0.2) is 0 Å². The number of hydrogen-bond acceptors (Lipinski definition) is 4. The van der Waals surface area contributed by atoms with E-state index in [-0.39, 0.29) is 10.6 Å². The minimum absolute atomic E-state index is 0.0654. The first-order valence-electron chi connectivity index (χ1n) is 5.75. The molecule has 0 saturated heterocycles. The molecular formula is C13H12Br2N2O3S. The van der Waals surface area contributed by atoms with E-state index in [9.17, 15) is 8.42 Å². The van der Waals surface area contributed by atoms with Crippen LogP contribution in [0.4, 0.5) is 11.4 Å². The molecule has 0 aliphatic carbocycles. The highest BCUT2D eigenvalue weighted by molar-refractivity contribution is 9.11. The lowest BCUT2D eigenvalue weighted by Crippen LogP contribution is -2.13. The van der Waals surface area contributed by atoms with Crippen molar-refractivity contribution in [1.29, 1.82) is 0 Å². The van der Waals surface area contributed by atoms with Crippen molar-refractivity contribution in [2.24, 2.45) is 0 Å². The first-order valence-corrected chi connectivity index (χ1v) is 8.82. The van der Waals surface area contributed by atoms with E-state index in [2.05, 4.69) is 36.6 Å². The molecule has 0 heterocycles. The summed E-state index contributed by atoms with van der Waals surface area (Å²) in [5, 5.41) is 0. The number of ether oxygens (including phenoxy) is 1. The van der Waals surface area contributed by atoms with E-state index in [1.165, 1.54) is 25.3 Å². The zero-order valence-corrected chi connectivity index (χ0v) is 14.9. The Morgan fingerprint density at radius 1 is 1.14 bits per heavy atom. The molecule has 8 heteroatoms. The summed E-state index contributed by atoms with van der Waals surface area (Å²) in [7, 11) is -2.26. The van der Waals surface area contributed by atoms with Crippen molar-refractivity contribution in [3.63, 3.8) is 0 Å². The Hall–Kier alpha value is -1.25. The van der Waals surface area contributed by atoms with Gasteiger partial charge in [-0.2, -0.15) is 0 Å². The molecule has 0 radical (unpaired) electrons. The highest BCUT2D eigenvalue weighted by atomic mass is 79.9. The van der Waals surface area contributed by atoms with Gasteiger partial charge in [-0.15, -0.1) is 0 Å². The highest BCUT2D eigenvalue weighted by Crippen LogP contribution is 2.30. The Morgan fingerprint density at radius 3 is 2.43 bits per heavy atom. The quantitative estimate of drug-likeness (QED) is 0.718.